The van der Waals surface area contributed by atoms with Crippen LogP contribution in [0.5, 0.6) is 5.06 Å². The first-order chi connectivity index (χ1) is 9.88. The van der Waals surface area contributed by atoms with Crippen molar-refractivity contribution >= 4 is 23.0 Å². The summed E-state index contributed by atoms with van der Waals surface area (Å²) in [5, 5.41) is 16.8. The summed E-state index contributed by atoms with van der Waals surface area (Å²) in [6, 6.07) is 1.50. The van der Waals surface area contributed by atoms with E-state index in [-0.39, 0.29) is 17.0 Å². The second kappa shape index (κ2) is 5.71. The molecule has 0 saturated carbocycles. The van der Waals surface area contributed by atoms with Gasteiger partial charge in [0.25, 0.3) is 11.5 Å². The Morgan fingerprint density at radius 1 is 1.52 bits per heavy atom. The van der Waals surface area contributed by atoms with E-state index in [9.17, 15) is 19.5 Å². The fourth-order valence-electron chi connectivity index (χ4n) is 1.52. The largest absolute Gasteiger partial charge is 0.499 e. The Bertz CT molecular complexity index is 832. The van der Waals surface area contributed by atoms with Crippen molar-refractivity contribution in [3.05, 3.63) is 43.5 Å². The predicted octanol–water partition coefficient (Wildman–Crippen LogP) is -0.610. The minimum atomic E-state index is -0.774. The molecule has 10 heteroatoms. The number of aromatic hydroxyl groups is 1. The first-order valence-corrected chi connectivity index (χ1v) is 6.51. The number of nitrogens with one attached hydrogen (secondary N) is 2. The van der Waals surface area contributed by atoms with E-state index in [2.05, 4.69) is 15.6 Å². The zero-order valence-electron chi connectivity index (χ0n) is 11.1. The fraction of sp³-hybridized carbons (Fsp3) is 0.182. The van der Waals surface area contributed by atoms with Crippen molar-refractivity contribution in [2.24, 2.45) is 12.1 Å². The molecular formula is C11H11N5O4S. The molecule has 0 atom stereocenters. The second-order valence-corrected chi connectivity index (χ2v) is 5.00. The highest BCUT2D eigenvalue weighted by Crippen LogP contribution is 2.14. The van der Waals surface area contributed by atoms with Crippen LogP contribution >= 0.6 is 11.3 Å². The molecular weight excluding hydrogens is 298 g/mol. The van der Waals surface area contributed by atoms with Gasteiger partial charge in [0.2, 0.25) is 0 Å². The number of rotatable bonds is 3. The maximum Gasteiger partial charge on any atom is 0.310 e. The maximum atomic E-state index is 11.7. The van der Waals surface area contributed by atoms with Crippen molar-refractivity contribution < 1.29 is 9.90 Å². The monoisotopic (exact) mass is 309 g/mol. The highest BCUT2D eigenvalue weighted by Gasteiger charge is 2.13. The number of nitrogens with zero attached hydrogens (tertiary/aromatic N) is 3. The minimum Gasteiger partial charge on any atom is -0.499 e. The van der Waals surface area contributed by atoms with Gasteiger partial charge in [-0.15, -0.1) is 0 Å². The average Bonchev–Trinajstić information content (AvgIpc) is 2.81. The number of amides is 1. The number of carbonyl (C=O) groups excluding carboxylic acids is 1. The number of aryl methyl sites for hydroxylation is 1. The van der Waals surface area contributed by atoms with Gasteiger partial charge in [-0.2, -0.15) is 10.2 Å². The van der Waals surface area contributed by atoms with Crippen LogP contribution in [0.1, 0.15) is 23.0 Å². The van der Waals surface area contributed by atoms with Crippen LogP contribution in [-0.4, -0.2) is 31.5 Å². The highest BCUT2D eigenvalue weighted by atomic mass is 32.1. The molecule has 0 aliphatic carbocycles. The Kier molecular flexibility index (Phi) is 3.98. The van der Waals surface area contributed by atoms with Gasteiger partial charge in [0.15, 0.2) is 10.8 Å². The van der Waals surface area contributed by atoms with Crippen molar-refractivity contribution in [3.8, 4) is 5.06 Å². The molecule has 110 valence electrons. The highest BCUT2D eigenvalue weighted by molar-refractivity contribution is 7.11. The van der Waals surface area contributed by atoms with E-state index < -0.39 is 21.4 Å². The van der Waals surface area contributed by atoms with E-state index in [4.69, 9.17) is 0 Å². The molecule has 0 aromatic carbocycles. The van der Waals surface area contributed by atoms with Gasteiger partial charge in [0.1, 0.15) is 5.56 Å². The summed E-state index contributed by atoms with van der Waals surface area (Å²) >= 11 is 0.470. The topological polar surface area (TPSA) is 129 Å². The third-order valence-electron chi connectivity index (χ3n) is 2.48. The normalized spacial score (nSPS) is 11.4. The Morgan fingerprint density at radius 3 is 2.81 bits per heavy atom. The van der Waals surface area contributed by atoms with Crippen LogP contribution in [-0.2, 0) is 7.05 Å². The van der Waals surface area contributed by atoms with Crippen molar-refractivity contribution in [1.29, 1.82) is 0 Å². The third-order valence-corrected chi connectivity index (χ3v) is 3.16. The molecule has 3 N–H and O–H groups in total. The maximum absolute atomic E-state index is 11.7. The summed E-state index contributed by atoms with van der Waals surface area (Å²) in [6.07, 6.45) is 1.59. The molecule has 0 aliphatic rings. The molecule has 0 saturated heterocycles. The third kappa shape index (κ3) is 3.23. The predicted molar refractivity (Wildman–Crippen MR) is 75.8 cm³/mol. The minimum absolute atomic E-state index is 0.0641. The number of hydrazone groups is 1. The smallest absolute Gasteiger partial charge is 0.310 e. The molecule has 0 fully saturated rings. The van der Waals surface area contributed by atoms with Gasteiger partial charge < -0.3 is 5.11 Å². The number of H-pyrrole nitrogens is 1. The van der Waals surface area contributed by atoms with Gasteiger partial charge in [-0.05, 0) is 24.3 Å². The second-order valence-electron chi connectivity index (χ2n) is 4.04. The molecule has 0 radical (unpaired) electrons. The van der Waals surface area contributed by atoms with Gasteiger partial charge in [0, 0.05) is 13.2 Å². The lowest BCUT2D eigenvalue weighted by atomic mass is 10.2. The van der Waals surface area contributed by atoms with Gasteiger partial charge in [-0.25, -0.2) is 5.43 Å². The number of carbonyl (C=O) groups is 1. The summed E-state index contributed by atoms with van der Waals surface area (Å²) in [6.45, 7) is 1.42. The molecule has 2 aromatic heterocycles. The van der Waals surface area contributed by atoms with Crippen molar-refractivity contribution in [2.75, 3.05) is 0 Å². The molecule has 0 unspecified atom stereocenters. The van der Waals surface area contributed by atoms with Crippen molar-refractivity contribution in [2.45, 2.75) is 6.92 Å². The average molecular weight is 309 g/mol. The molecule has 2 rings (SSSR count). The first-order valence-electron chi connectivity index (χ1n) is 5.69. The lowest BCUT2D eigenvalue weighted by Crippen LogP contribution is -2.25. The molecule has 1 amide bonds. The van der Waals surface area contributed by atoms with Crippen LogP contribution in [0.25, 0.3) is 0 Å². The van der Waals surface area contributed by atoms with Gasteiger partial charge >= 0.3 is 4.87 Å². The van der Waals surface area contributed by atoms with Crippen LogP contribution in [0, 0.1) is 0 Å². The lowest BCUT2D eigenvalue weighted by Gasteiger charge is -2.02. The summed E-state index contributed by atoms with van der Waals surface area (Å²) in [7, 11) is 1.66. The first kappa shape index (κ1) is 14.7. The zero-order valence-corrected chi connectivity index (χ0v) is 11.9. The van der Waals surface area contributed by atoms with Crippen LogP contribution in [0.3, 0.4) is 0 Å². The van der Waals surface area contributed by atoms with Gasteiger partial charge in [0.05, 0.1) is 5.71 Å². The van der Waals surface area contributed by atoms with Crippen LogP contribution < -0.4 is 15.9 Å². The van der Waals surface area contributed by atoms with E-state index in [0.717, 1.165) is 0 Å². The molecule has 2 aromatic rings. The Labute approximate surface area is 121 Å². The molecule has 9 nitrogen and oxygen atoms in total. The van der Waals surface area contributed by atoms with E-state index in [1.54, 1.807) is 13.2 Å². The Morgan fingerprint density at radius 2 is 2.24 bits per heavy atom. The van der Waals surface area contributed by atoms with E-state index in [0.29, 0.717) is 11.3 Å². The quantitative estimate of drug-likeness (QED) is 0.514. The number of hydrogen-bond acceptors (Lipinski definition) is 7. The van der Waals surface area contributed by atoms with Crippen LogP contribution in [0.15, 0.2) is 27.0 Å². The lowest BCUT2D eigenvalue weighted by molar-refractivity contribution is 0.0949. The molecule has 0 bridgehead atoms. The van der Waals surface area contributed by atoms with Crippen LogP contribution in [0.2, 0.25) is 0 Å². The van der Waals surface area contributed by atoms with E-state index in [1.165, 1.54) is 17.7 Å². The summed E-state index contributed by atoms with van der Waals surface area (Å²) in [5.41, 5.74) is 1.50. The molecule has 0 spiro atoms. The summed E-state index contributed by atoms with van der Waals surface area (Å²) < 4.78 is 1.46. The van der Waals surface area contributed by atoms with Crippen LogP contribution in [0.4, 0.5) is 0 Å². The van der Waals surface area contributed by atoms with Gasteiger partial charge in [-0.3, -0.25) is 24.0 Å². The number of hydrogen-bond donors (Lipinski definition) is 3. The SMILES string of the molecule is CC(=NNC(=O)c1ccn(C)n1)c1c(O)sc(=O)[nH]c1=O. The van der Waals surface area contributed by atoms with E-state index in [1.807, 2.05) is 4.98 Å². The molecule has 21 heavy (non-hydrogen) atoms. The van der Waals surface area contributed by atoms with E-state index >= 15 is 0 Å². The molecule has 2 heterocycles. The summed E-state index contributed by atoms with van der Waals surface area (Å²) in [4.78, 5) is 35.7. The summed E-state index contributed by atoms with van der Waals surface area (Å²) in [5.74, 6) is -0.560. The Balaban J connectivity index is 2.24. The van der Waals surface area contributed by atoms with Crippen molar-refractivity contribution in [3.63, 3.8) is 0 Å². The number of aromatic amines is 1. The van der Waals surface area contributed by atoms with Gasteiger partial charge in [-0.1, -0.05) is 0 Å². The van der Waals surface area contributed by atoms with Crippen molar-refractivity contribution in [1.82, 2.24) is 20.2 Å². The number of aromatic nitrogens is 3. The Hall–Kier alpha value is -2.75. The standard InChI is InChI=1S/C11H11N5O4S/c1-5(7-9(18)12-11(20)21-10(7)19)13-14-8(17)6-3-4-16(2)15-6/h3-4,19H,1-2H3,(H,14,17)(H,12,18,20). The zero-order chi connectivity index (χ0) is 15.6. The molecule has 0 aliphatic heterocycles. The fourth-order valence-corrected chi connectivity index (χ4v) is 2.18.